The van der Waals surface area contributed by atoms with Gasteiger partial charge in [0.1, 0.15) is 0 Å². The third-order valence-corrected chi connectivity index (χ3v) is 3.05. The maximum atomic E-state index is 5.95. The van der Waals surface area contributed by atoms with Crippen molar-refractivity contribution in [2.45, 2.75) is 6.54 Å². The molecule has 4 nitrogen and oxygen atoms in total. The van der Waals surface area contributed by atoms with Gasteiger partial charge in [-0.3, -0.25) is 4.68 Å². The summed E-state index contributed by atoms with van der Waals surface area (Å²) in [6.45, 7) is 0.641. The third-order valence-electron chi connectivity index (χ3n) is 2.80. The van der Waals surface area contributed by atoms with Crippen LogP contribution in [0.15, 0.2) is 53.3 Å². The van der Waals surface area contributed by atoms with E-state index in [0.29, 0.717) is 23.7 Å². The molecule has 0 aliphatic carbocycles. The van der Waals surface area contributed by atoms with Gasteiger partial charge < -0.3 is 10.2 Å². The van der Waals surface area contributed by atoms with Crippen LogP contribution < -0.4 is 5.73 Å². The van der Waals surface area contributed by atoms with Crippen LogP contribution in [0.3, 0.4) is 0 Å². The molecule has 0 atom stereocenters. The summed E-state index contributed by atoms with van der Waals surface area (Å²) in [7, 11) is 0. The van der Waals surface area contributed by atoms with Gasteiger partial charge in [0, 0.05) is 11.2 Å². The van der Waals surface area contributed by atoms with Crippen molar-refractivity contribution in [1.29, 1.82) is 0 Å². The van der Waals surface area contributed by atoms with Crippen LogP contribution in [0.2, 0.25) is 5.02 Å². The van der Waals surface area contributed by atoms with E-state index in [1.54, 1.807) is 17.1 Å². The van der Waals surface area contributed by atoms with Crippen molar-refractivity contribution >= 4 is 17.3 Å². The molecule has 0 fully saturated rings. The Hall–Kier alpha value is -2.20. The second-order valence-corrected chi connectivity index (χ2v) is 4.67. The molecule has 0 amide bonds. The lowest BCUT2D eigenvalue weighted by molar-refractivity contribution is 0.576. The van der Waals surface area contributed by atoms with Crippen molar-refractivity contribution in [3.05, 3.63) is 59.4 Å². The van der Waals surface area contributed by atoms with Crippen LogP contribution in [0.1, 0.15) is 5.56 Å². The molecule has 1 aromatic carbocycles. The van der Waals surface area contributed by atoms with Crippen LogP contribution in [0.4, 0.5) is 5.69 Å². The molecule has 2 heterocycles. The molecule has 5 heteroatoms. The van der Waals surface area contributed by atoms with Gasteiger partial charge >= 0.3 is 0 Å². The molecule has 0 spiro atoms. The second kappa shape index (κ2) is 4.82. The number of nitrogens with zero attached hydrogens (tertiary/aromatic N) is 2. The van der Waals surface area contributed by atoms with Gasteiger partial charge in [0.25, 0.3) is 0 Å². The number of rotatable bonds is 3. The molecular weight excluding hydrogens is 262 g/mol. The summed E-state index contributed by atoms with van der Waals surface area (Å²) in [6, 6.07) is 11.3. The van der Waals surface area contributed by atoms with Crippen LogP contribution >= 0.6 is 11.6 Å². The smallest absolute Gasteiger partial charge is 0.156 e. The summed E-state index contributed by atoms with van der Waals surface area (Å²) in [5.41, 5.74) is 8.32. The zero-order valence-corrected chi connectivity index (χ0v) is 10.8. The quantitative estimate of drug-likeness (QED) is 0.795. The standard InChI is InChI=1S/C14H12ClN3O/c15-11-5-3-10(4-6-11)8-18-9-12(16)14(17-18)13-2-1-7-19-13/h1-7,9H,8,16H2. The molecule has 0 bridgehead atoms. The number of hydrogen-bond acceptors (Lipinski definition) is 3. The summed E-state index contributed by atoms with van der Waals surface area (Å²) in [5, 5.41) is 5.16. The highest BCUT2D eigenvalue weighted by atomic mass is 35.5. The Kier molecular flexibility index (Phi) is 3.01. The zero-order valence-electron chi connectivity index (χ0n) is 10.1. The molecule has 0 aliphatic heterocycles. The molecule has 2 aromatic heterocycles. The molecule has 0 aliphatic rings. The number of furan rings is 1. The average molecular weight is 274 g/mol. The van der Waals surface area contributed by atoms with E-state index in [9.17, 15) is 0 Å². The Morgan fingerprint density at radius 1 is 1.21 bits per heavy atom. The van der Waals surface area contributed by atoms with Crippen LogP contribution in [0.5, 0.6) is 0 Å². The Morgan fingerprint density at radius 3 is 2.68 bits per heavy atom. The molecule has 19 heavy (non-hydrogen) atoms. The van der Waals surface area contributed by atoms with E-state index >= 15 is 0 Å². The molecule has 0 unspecified atom stereocenters. The van der Waals surface area contributed by atoms with E-state index < -0.39 is 0 Å². The minimum Gasteiger partial charge on any atom is -0.463 e. The lowest BCUT2D eigenvalue weighted by atomic mass is 10.2. The van der Waals surface area contributed by atoms with Gasteiger partial charge in [-0.05, 0) is 29.8 Å². The molecule has 0 radical (unpaired) electrons. The Morgan fingerprint density at radius 2 is 2.00 bits per heavy atom. The van der Waals surface area contributed by atoms with Crippen LogP contribution in [0, 0.1) is 0 Å². The first kappa shape index (κ1) is 11.9. The number of anilines is 1. The lowest BCUT2D eigenvalue weighted by Crippen LogP contribution is -2.00. The van der Waals surface area contributed by atoms with E-state index in [1.807, 2.05) is 36.4 Å². The first-order valence-corrected chi connectivity index (χ1v) is 6.21. The van der Waals surface area contributed by atoms with Crippen LogP contribution in [0.25, 0.3) is 11.5 Å². The maximum absolute atomic E-state index is 5.95. The Bertz CT molecular complexity index is 671. The minimum atomic E-state index is 0.601. The topological polar surface area (TPSA) is 57.0 Å². The van der Waals surface area contributed by atoms with E-state index in [0.717, 1.165) is 10.6 Å². The summed E-state index contributed by atoms with van der Waals surface area (Å²) in [4.78, 5) is 0. The number of benzene rings is 1. The van der Waals surface area contributed by atoms with E-state index in [-0.39, 0.29) is 0 Å². The van der Waals surface area contributed by atoms with Crippen molar-refractivity contribution in [2.24, 2.45) is 0 Å². The molecule has 96 valence electrons. The summed E-state index contributed by atoms with van der Waals surface area (Å²) < 4.78 is 7.09. The summed E-state index contributed by atoms with van der Waals surface area (Å²) in [6.07, 6.45) is 3.40. The number of aromatic nitrogens is 2. The van der Waals surface area contributed by atoms with Crippen molar-refractivity contribution in [1.82, 2.24) is 9.78 Å². The zero-order chi connectivity index (χ0) is 13.2. The van der Waals surface area contributed by atoms with Gasteiger partial charge in [0.15, 0.2) is 11.5 Å². The van der Waals surface area contributed by atoms with E-state index in [1.165, 1.54) is 0 Å². The largest absolute Gasteiger partial charge is 0.463 e. The fourth-order valence-corrected chi connectivity index (χ4v) is 2.03. The molecule has 3 aromatic rings. The summed E-state index contributed by atoms with van der Waals surface area (Å²) >= 11 is 5.86. The summed E-state index contributed by atoms with van der Waals surface area (Å²) in [5.74, 6) is 0.673. The van der Waals surface area contributed by atoms with Crippen LogP contribution in [-0.2, 0) is 6.54 Å². The number of nitrogens with two attached hydrogens (primary N) is 1. The van der Waals surface area contributed by atoms with Gasteiger partial charge in [-0.2, -0.15) is 5.10 Å². The molecule has 3 rings (SSSR count). The lowest BCUT2D eigenvalue weighted by Gasteiger charge is -2.01. The Labute approximate surface area is 115 Å². The van der Waals surface area contributed by atoms with E-state index in [4.69, 9.17) is 21.8 Å². The average Bonchev–Trinajstić information content (AvgIpc) is 3.01. The van der Waals surface area contributed by atoms with Gasteiger partial charge in [-0.25, -0.2) is 0 Å². The second-order valence-electron chi connectivity index (χ2n) is 4.23. The predicted octanol–water partition coefficient (Wildman–Crippen LogP) is 3.43. The van der Waals surface area contributed by atoms with Crippen LogP contribution in [-0.4, -0.2) is 9.78 Å². The molecule has 0 saturated carbocycles. The molecule has 2 N–H and O–H groups in total. The fraction of sp³-hybridized carbons (Fsp3) is 0.0714. The SMILES string of the molecule is Nc1cn(Cc2ccc(Cl)cc2)nc1-c1ccco1. The minimum absolute atomic E-state index is 0.601. The highest BCUT2D eigenvalue weighted by molar-refractivity contribution is 6.30. The van der Waals surface area contributed by atoms with Crippen molar-refractivity contribution < 1.29 is 4.42 Å². The third kappa shape index (κ3) is 2.48. The van der Waals surface area contributed by atoms with Gasteiger partial charge in [0.2, 0.25) is 0 Å². The van der Waals surface area contributed by atoms with Gasteiger partial charge in [-0.1, -0.05) is 23.7 Å². The monoisotopic (exact) mass is 273 g/mol. The first-order chi connectivity index (χ1) is 9.22. The number of hydrogen-bond donors (Lipinski definition) is 1. The van der Waals surface area contributed by atoms with E-state index in [2.05, 4.69) is 5.10 Å². The predicted molar refractivity (Wildman–Crippen MR) is 74.9 cm³/mol. The fourth-order valence-electron chi connectivity index (χ4n) is 1.90. The number of halogens is 1. The molecular formula is C14H12ClN3O. The normalized spacial score (nSPS) is 10.8. The van der Waals surface area contributed by atoms with Crippen molar-refractivity contribution in [3.63, 3.8) is 0 Å². The Balaban J connectivity index is 1.87. The molecule has 0 saturated heterocycles. The van der Waals surface area contributed by atoms with Gasteiger partial charge in [0.05, 0.1) is 18.5 Å². The van der Waals surface area contributed by atoms with Crippen molar-refractivity contribution in [3.8, 4) is 11.5 Å². The highest BCUT2D eigenvalue weighted by Crippen LogP contribution is 2.24. The van der Waals surface area contributed by atoms with Gasteiger partial charge in [-0.15, -0.1) is 0 Å². The number of nitrogen functional groups attached to an aromatic ring is 1. The maximum Gasteiger partial charge on any atom is 0.156 e. The highest BCUT2D eigenvalue weighted by Gasteiger charge is 2.11. The first-order valence-electron chi connectivity index (χ1n) is 5.83. The van der Waals surface area contributed by atoms with Crippen molar-refractivity contribution in [2.75, 3.05) is 5.73 Å².